The van der Waals surface area contributed by atoms with Gasteiger partial charge in [-0.15, -0.1) is 0 Å². The highest BCUT2D eigenvalue weighted by molar-refractivity contribution is 7.88. The number of nitrogens with one attached hydrogen (secondary N) is 1. The van der Waals surface area contributed by atoms with Gasteiger partial charge >= 0.3 is 0 Å². The third kappa shape index (κ3) is 4.01. The molecule has 106 valence electrons. The Labute approximate surface area is 112 Å². The van der Waals surface area contributed by atoms with Gasteiger partial charge in [0.15, 0.2) is 0 Å². The number of piperidine rings is 1. The van der Waals surface area contributed by atoms with E-state index in [4.69, 9.17) is 0 Å². The maximum absolute atomic E-state index is 11.4. The minimum absolute atomic E-state index is 0.416. The highest BCUT2D eigenvalue weighted by atomic mass is 32.2. The lowest BCUT2D eigenvalue weighted by Crippen LogP contribution is -2.48. The zero-order valence-electron chi connectivity index (χ0n) is 10.8. The fourth-order valence-corrected chi connectivity index (χ4v) is 4.82. The minimum atomic E-state index is -3.02. The number of sulfonamides is 1. The zero-order valence-corrected chi connectivity index (χ0v) is 12.4. The summed E-state index contributed by atoms with van der Waals surface area (Å²) in [5, 5.41) is 3.59. The molecule has 5 nitrogen and oxygen atoms in total. The first-order valence-corrected chi connectivity index (χ1v) is 9.85. The second kappa shape index (κ2) is 5.98. The van der Waals surface area contributed by atoms with Gasteiger partial charge in [0, 0.05) is 47.5 Å². The molecule has 2 rings (SSSR count). The summed E-state index contributed by atoms with van der Waals surface area (Å²) < 4.78 is 35.6. The molecule has 2 aliphatic rings. The average Bonchev–Trinajstić information content (AvgIpc) is 2.32. The van der Waals surface area contributed by atoms with Crippen molar-refractivity contribution < 1.29 is 12.6 Å². The second-order valence-electron chi connectivity index (χ2n) is 5.23. The number of hydrogen-bond donors (Lipinski definition) is 1. The van der Waals surface area contributed by atoms with Gasteiger partial charge in [-0.2, -0.15) is 0 Å². The second-order valence-corrected chi connectivity index (χ2v) is 8.90. The molecule has 0 aromatic carbocycles. The van der Waals surface area contributed by atoms with Crippen LogP contribution in [-0.4, -0.2) is 59.9 Å². The molecule has 0 aliphatic carbocycles. The Hall–Kier alpha value is 0.0200. The lowest BCUT2D eigenvalue weighted by atomic mass is 10.0. The molecule has 0 amide bonds. The van der Waals surface area contributed by atoms with Crippen molar-refractivity contribution in [2.45, 2.75) is 37.8 Å². The molecule has 1 N–H and O–H groups in total. The van der Waals surface area contributed by atoms with Gasteiger partial charge < -0.3 is 5.32 Å². The van der Waals surface area contributed by atoms with Crippen LogP contribution in [0.25, 0.3) is 0 Å². The van der Waals surface area contributed by atoms with Gasteiger partial charge in [0.1, 0.15) is 0 Å². The van der Waals surface area contributed by atoms with Crippen molar-refractivity contribution in [1.29, 1.82) is 0 Å². The average molecular weight is 294 g/mol. The Kier molecular flexibility index (Phi) is 4.80. The van der Waals surface area contributed by atoms with E-state index < -0.39 is 20.8 Å². The van der Waals surface area contributed by atoms with E-state index in [0.717, 1.165) is 37.2 Å². The van der Waals surface area contributed by atoms with Crippen LogP contribution in [-0.2, 0) is 20.8 Å². The lowest BCUT2D eigenvalue weighted by Gasteiger charge is -2.34. The molecule has 0 aromatic rings. The van der Waals surface area contributed by atoms with Gasteiger partial charge in [-0.05, 0) is 25.7 Å². The molecule has 2 saturated heterocycles. The van der Waals surface area contributed by atoms with Gasteiger partial charge in [-0.25, -0.2) is 12.7 Å². The van der Waals surface area contributed by atoms with Crippen LogP contribution in [0.5, 0.6) is 0 Å². The molecular weight excluding hydrogens is 272 g/mol. The zero-order chi connectivity index (χ0) is 13.2. The van der Waals surface area contributed by atoms with E-state index >= 15 is 0 Å². The van der Waals surface area contributed by atoms with Crippen molar-refractivity contribution in [3.63, 3.8) is 0 Å². The molecule has 2 aliphatic heterocycles. The summed E-state index contributed by atoms with van der Waals surface area (Å²) >= 11 is 0. The molecule has 0 aromatic heterocycles. The SMILES string of the molecule is CS(=O)(=O)N1CCC(NC2CCS(=O)CC2)CC1. The van der Waals surface area contributed by atoms with Gasteiger partial charge in [0.25, 0.3) is 0 Å². The summed E-state index contributed by atoms with van der Waals surface area (Å²) in [6.07, 6.45) is 5.01. The molecule has 2 fully saturated rings. The molecule has 0 saturated carbocycles. The molecule has 2 heterocycles. The third-order valence-corrected chi connectivity index (χ3v) is 6.47. The predicted octanol–water partition coefficient (Wildman–Crippen LogP) is -0.0889. The van der Waals surface area contributed by atoms with E-state index in [1.165, 1.54) is 6.26 Å². The molecule has 18 heavy (non-hydrogen) atoms. The lowest BCUT2D eigenvalue weighted by molar-refractivity contribution is 0.269. The maximum Gasteiger partial charge on any atom is 0.211 e. The first-order valence-electron chi connectivity index (χ1n) is 6.51. The predicted molar refractivity (Wildman–Crippen MR) is 73.5 cm³/mol. The Morgan fingerprint density at radius 2 is 1.56 bits per heavy atom. The van der Waals surface area contributed by atoms with Crippen LogP contribution in [0.4, 0.5) is 0 Å². The van der Waals surface area contributed by atoms with Crippen molar-refractivity contribution in [3.8, 4) is 0 Å². The Morgan fingerprint density at radius 1 is 1.06 bits per heavy atom. The summed E-state index contributed by atoms with van der Waals surface area (Å²) in [5.41, 5.74) is 0. The van der Waals surface area contributed by atoms with Gasteiger partial charge in [0.2, 0.25) is 10.0 Å². The molecule has 0 spiro atoms. The highest BCUT2D eigenvalue weighted by Gasteiger charge is 2.27. The van der Waals surface area contributed by atoms with Crippen LogP contribution in [0, 0.1) is 0 Å². The van der Waals surface area contributed by atoms with E-state index in [-0.39, 0.29) is 0 Å². The fourth-order valence-electron chi connectivity index (χ4n) is 2.65. The normalized spacial score (nSPS) is 32.5. The monoisotopic (exact) mass is 294 g/mol. The van der Waals surface area contributed by atoms with Gasteiger partial charge in [-0.3, -0.25) is 4.21 Å². The summed E-state index contributed by atoms with van der Waals surface area (Å²) in [6, 6.07) is 0.886. The maximum atomic E-state index is 11.4. The van der Waals surface area contributed by atoms with Crippen LogP contribution in [0.2, 0.25) is 0 Å². The van der Waals surface area contributed by atoms with E-state index in [2.05, 4.69) is 5.32 Å². The van der Waals surface area contributed by atoms with Gasteiger partial charge in [0.05, 0.1) is 6.26 Å². The fraction of sp³-hybridized carbons (Fsp3) is 1.00. The van der Waals surface area contributed by atoms with E-state index in [1.807, 2.05) is 0 Å². The van der Waals surface area contributed by atoms with Crippen LogP contribution in [0.3, 0.4) is 0 Å². The van der Waals surface area contributed by atoms with E-state index in [9.17, 15) is 12.6 Å². The standard InChI is InChI=1S/C11H22N2O3S2/c1-18(15,16)13-6-2-10(3-7-13)12-11-4-8-17(14)9-5-11/h10-12H,2-9H2,1H3. The molecular formula is C11H22N2O3S2. The summed E-state index contributed by atoms with van der Waals surface area (Å²) in [4.78, 5) is 0. The van der Waals surface area contributed by atoms with Crippen LogP contribution in [0.15, 0.2) is 0 Å². The van der Waals surface area contributed by atoms with Crippen LogP contribution >= 0.6 is 0 Å². The quantitative estimate of drug-likeness (QED) is 0.790. The summed E-state index contributed by atoms with van der Waals surface area (Å²) in [6.45, 7) is 1.24. The van der Waals surface area contributed by atoms with Crippen molar-refractivity contribution >= 4 is 20.8 Å². The van der Waals surface area contributed by atoms with E-state index in [1.54, 1.807) is 4.31 Å². The van der Waals surface area contributed by atoms with Crippen molar-refractivity contribution in [1.82, 2.24) is 9.62 Å². The minimum Gasteiger partial charge on any atom is -0.311 e. The van der Waals surface area contributed by atoms with Gasteiger partial charge in [-0.1, -0.05) is 0 Å². The first kappa shape index (κ1) is 14.4. The largest absolute Gasteiger partial charge is 0.311 e. The molecule has 7 heteroatoms. The Bertz CT molecular complexity index is 393. The number of hydrogen-bond acceptors (Lipinski definition) is 4. The summed E-state index contributed by atoms with van der Waals surface area (Å²) in [7, 11) is -3.64. The van der Waals surface area contributed by atoms with E-state index in [0.29, 0.717) is 25.2 Å². The topological polar surface area (TPSA) is 66.5 Å². The van der Waals surface area contributed by atoms with Crippen LogP contribution in [0.1, 0.15) is 25.7 Å². The van der Waals surface area contributed by atoms with Crippen LogP contribution < -0.4 is 5.32 Å². The summed E-state index contributed by atoms with van der Waals surface area (Å²) in [5.74, 6) is 1.61. The Balaban J connectivity index is 1.75. The third-order valence-electron chi connectivity index (χ3n) is 3.78. The Morgan fingerprint density at radius 3 is 2.06 bits per heavy atom. The smallest absolute Gasteiger partial charge is 0.211 e. The molecule has 0 atom stereocenters. The molecule has 0 bridgehead atoms. The first-order chi connectivity index (χ1) is 8.45. The van der Waals surface area contributed by atoms with Crippen molar-refractivity contribution in [2.24, 2.45) is 0 Å². The van der Waals surface area contributed by atoms with Crippen molar-refractivity contribution in [3.05, 3.63) is 0 Å². The number of nitrogens with zero attached hydrogens (tertiary/aromatic N) is 1. The molecule has 0 unspecified atom stereocenters. The van der Waals surface area contributed by atoms with Crippen molar-refractivity contribution in [2.75, 3.05) is 30.9 Å². The molecule has 0 radical (unpaired) electrons. The highest BCUT2D eigenvalue weighted by Crippen LogP contribution is 2.16. The number of rotatable bonds is 3.